The summed E-state index contributed by atoms with van der Waals surface area (Å²) in [7, 11) is 0. The number of hydrogen-bond donors (Lipinski definition) is 1. The average molecular weight is 409 g/mol. The van der Waals surface area contributed by atoms with Gasteiger partial charge < -0.3 is 10.1 Å². The summed E-state index contributed by atoms with van der Waals surface area (Å²) >= 11 is 2.64. The fourth-order valence-electron chi connectivity index (χ4n) is 2.12. The van der Waals surface area contributed by atoms with E-state index in [4.69, 9.17) is 4.74 Å². The van der Waals surface area contributed by atoms with Crippen LogP contribution in [0.15, 0.2) is 41.0 Å². The molecule has 0 aliphatic carbocycles. The second-order valence-corrected chi connectivity index (χ2v) is 7.21. The first-order valence-electron chi connectivity index (χ1n) is 7.70. The van der Waals surface area contributed by atoms with Crippen molar-refractivity contribution in [3.05, 3.63) is 47.6 Å². The van der Waals surface area contributed by atoms with Gasteiger partial charge in [-0.3, -0.25) is 9.59 Å². The number of hydrogen-bond acceptors (Lipinski definition) is 7. The van der Waals surface area contributed by atoms with Crippen LogP contribution in [0, 0.1) is 11.6 Å². The first-order valence-corrected chi connectivity index (χ1v) is 9.57. The van der Waals surface area contributed by atoms with Gasteiger partial charge in [0.15, 0.2) is 6.10 Å². The minimum absolute atomic E-state index is 0.0511. The van der Waals surface area contributed by atoms with Gasteiger partial charge in [-0.05, 0) is 30.5 Å². The number of esters is 1. The molecule has 10 heteroatoms. The molecule has 0 aliphatic rings. The van der Waals surface area contributed by atoms with Crippen LogP contribution < -0.4 is 5.32 Å². The standard InChI is InChI=1S/C17H13F2N3O3S2/c1-9(15(24)22-13-3-2-10(18)6-12(13)19)25-14(23)7-27-17-11-4-5-26-16(11)20-8-21-17/h2-6,8-9H,7H2,1H3,(H,22,24)/t9-/m1/s1. The third-order valence-corrected chi connectivity index (χ3v) is 5.22. The summed E-state index contributed by atoms with van der Waals surface area (Å²) in [5.74, 6) is -3.07. The molecule has 3 rings (SSSR count). The van der Waals surface area contributed by atoms with E-state index in [1.807, 2.05) is 11.4 Å². The lowest BCUT2D eigenvalue weighted by molar-refractivity contribution is -0.150. The number of nitrogens with one attached hydrogen (secondary N) is 1. The molecule has 0 saturated heterocycles. The number of anilines is 1. The molecule has 0 saturated carbocycles. The van der Waals surface area contributed by atoms with E-state index in [9.17, 15) is 18.4 Å². The van der Waals surface area contributed by atoms with E-state index in [0.717, 1.165) is 22.3 Å². The minimum Gasteiger partial charge on any atom is -0.452 e. The Balaban J connectivity index is 1.54. The number of benzene rings is 1. The molecule has 140 valence electrons. The largest absolute Gasteiger partial charge is 0.452 e. The third kappa shape index (κ3) is 4.77. The zero-order valence-electron chi connectivity index (χ0n) is 13.9. The maximum atomic E-state index is 13.6. The first kappa shape index (κ1) is 19.2. The number of amides is 1. The van der Waals surface area contributed by atoms with Gasteiger partial charge >= 0.3 is 5.97 Å². The van der Waals surface area contributed by atoms with Crippen LogP contribution >= 0.6 is 23.1 Å². The first-order chi connectivity index (χ1) is 12.9. The van der Waals surface area contributed by atoms with E-state index in [-0.39, 0.29) is 11.4 Å². The van der Waals surface area contributed by atoms with Crippen LogP contribution in [-0.2, 0) is 14.3 Å². The highest BCUT2D eigenvalue weighted by Gasteiger charge is 2.20. The highest BCUT2D eigenvalue weighted by atomic mass is 32.2. The molecule has 3 aromatic rings. The van der Waals surface area contributed by atoms with Crippen molar-refractivity contribution in [2.45, 2.75) is 18.1 Å². The van der Waals surface area contributed by atoms with Gasteiger partial charge in [-0.25, -0.2) is 18.7 Å². The van der Waals surface area contributed by atoms with E-state index in [2.05, 4.69) is 15.3 Å². The number of fused-ring (bicyclic) bond motifs is 1. The molecule has 6 nitrogen and oxygen atoms in total. The Kier molecular flexibility index (Phi) is 5.97. The number of thioether (sulfide) groups is 1. The van der Waals surface area contributed by atoms with Crippen molar-refractivity contribution in [1.29, 1.82) is 0 Å². The topological polar surface area (TPSA) is 81.2 Å². The van der Waals surface area contributed by atoms with Crippen LogP contribution in [-0.4, -0.2) is 33.7 Å². The SMILES string of the molecule is C[C@@H](OC(=O)CSc1ncnc2sccc12)C(=O)Nc1ccc(F)cc1F. The second kappa shape index (κ2) is 8.40. The number of thiophene rings is 1. The summed E-state index contributed by atoms with van der Waals surface area (Å²) in [6.45, 7) is 1.36. The van der Waals surface area contributed by atoms with Gasteiger partial charge in [0.2, 0.25) is 0 Å². The van der Waals surface area contributed by atoms with Crippen molar-refractivity contribution in [1.82, 2.24) is 9.97 Å². The van der Waals surface area contributed by atoms with Crippen molar-refractivity contribution in [3.63, 3.8) is 0 Å². The number of halogens is 2. The molecule has 0 bridgehead atoms. The van der Waals surface area contributed by atoms with Crippen LogP contribution in [0.1, 0.15) is 6.92 Å². The molecule has 0 radical (unpaired) electrons. The van der Waals surface area contributed by atoms with Crippen molar-refractivity contribution < 1.29 is 23.1 Å². The molecule has 1 atom stereocenters. The van der Waals surface area contributed by atoms with Crippen LogP contribution in [0.5, 0.6) is 0 Å². The molecular weight excluding hydrogens is 396 g/mol. The van der Waals surface area contributed by atoms with Gasteiger partial charge in [0, 0.05) is 11.5 Å². The summed E-state index contributed by atoms with van der Waals surface area (Å²) in [5, 5.41) is 5.62. The van der Waals surface area contributed by atoms with Crippen LogP contribution in [0.3, 0.4) is 0 Å². The van der Waals surface area contributed by atoms with E-state index in [1.165, 1.54) is 36.3 Å². The molecule has 0 fully saturated rings. The zero-order valence-corrected chi connectivity index (χ0v) is 15.6. The molecule has 1 N–H and O–H groups in total. The van der Waals surface area contributed by atoms with Crippen molar-refractivity contribution >= 4 is 50.9 Å². The maximum absolute atomic E-state index is 13.6. The number of rotatable bonds is 6. The van der Waals surface area contributed by atoms with Crippen molar-refractivity contribution in [2.24, 2.45) is 0 Å². The molecule has 27 heavy (non-hydrogen) atoms. The molecule has 2 heterocycles. The van der Waals surface area contributed by atoms with Crippen LogP contribution in [0.4, 0.5) is 14.5 Å². The summed E-state index contributed by atoms with van der Waals surface area (Å²) in [6.07, 6.45) is 0.272. The van der Waals surface area contributed by atoms with E-state index >= 15 is 0 Å². The molecule has 2 aromatic heterocycles. The Morgan fingerprint density at radius 1 is 1.30 bits per heavy atom. The second-order valence-electron chi connectivity index (χ2n) is 5.35. The Morgan fingerprint density at radius 2 is 2.11 bits per heavy atom. The molecular formula is C17H13F2N3O3S2. The monoisotopic (exact) mass is 409 g/mol. The average Bonchev–Trinajstić information content (AvgIpc) is 3.11. The van der Waals surface area contributed by atoms with Crippen molar-refractivity contribution in [2.75, 3.05) is 11.1 Å². The fraction of sp³-hybridized carbons (Fsp3) is 0.176. The molecule has 0 unspecified atom stereocenters. The van der Waals surface area contributed by atoms with Gasteiger partial charge in [0.25, 0.3) is 5.91 Å². The number of ether oxygens (including phenoxy) is 1. The predicted molar refractivity (Wildman–Crippen MR) is 98.7 cm³/mol. The Morgan fingerprint density at radius 3 is 2.89 bits per heavy atom. The van der Waals surface area contributed by atoms with Gasteiger partial charge in [0.1, 0.15) is 27.8 Å². The van der Waals surface area contributed by atoms with Crippen molar-refractivity contribution in [3.8, 4) is 0 Å². The number of carbonyl (C=O) groups excluding carboxylic acids is 2. The smallest absolute Gasteiger partial charge is 0.317 e. The van der Waals surface area contributed by atoms with Gasteiger partial charge in [-0.1, -0.05) is 11.8 Å². The van der Waals surface area contributed by atoms with Crippen LogP contribution in [0.2, 0.25) is 0 Å². The summed E-state index contributed by atoms with van der Waals surface area (Å²) in [4.78, 5) is 33.1. The lowest BCUT2D eigenvalue weighted by atomic mass is 10.2. The molecule has 0 spiro atoms. The van der Waals surface area contributed by atoms with Gasteiger partial charge in [-0.2, -0.15) is 0 Å². The molecule has 1 aromatic carbocycles. The quantitative estimate of drug-likeness (QED) is 0.380. The number of nitrogens with zero attached hydrogens (tertiary/aromatic N) is 2. The summed E-state index contributed by atoms with van der Waals surface area (Å²) < 4.78 is 31.5. The summed E-state index contributed by atoms with van der Waals surface area (Å²) in [6, 6.07) is 4.61. The Labute approximate surface area is 161 Å². The normalized spacial score (nSPS) is 12.0. The van der Waals surface area contributed by atoms with Gasteiger partial charge in [0.05, 0.1) is 11.4 Å². The van der Waals surface area contributed by atoms with E-state index in [0.29, 0.717) is 11.1 Å². The molecule has 1 amide bonds. The van der Waals surface area contributed by atoms with E-state index < -0.39 is 29.6 Å². The number of carbonyl (C=O) groups is 2. The highest BCUT2D eigenvalue weighted by Crippen LogP contribution is 2.27. The Hall–Kier alpha value is -2.59. The fourth-order valence-corrected chi connectivity index (χ4v) is 3.68. The third-order valence-electron chi connectivity index (χ3n) is 3.42. The predicted octanol–water partition coefficient (Wildman–Crippen LogP) is 3.63. The zero-order chi connectivity index (χ0) is 19.4. The lowest BCUT2D eigenvalue weighted by Crippen LogP contribution is -2.30. The lowest BCUT2D eigenvalue weighted by Gasteiger charge is -2.13. The van der Waals surface area contributed by atoms with Gasteiger partial charge in [-0.15, -0.1) is 11.3 Å². The molecule has 0 aliphatic heterocycles. The minimum atomic E-state index is -1.14. The summed E-state index contributed by atoms with van der Waals surface area (Å²) in [5.41, 5.74) is -0.195. The Bertz CT molecular complexity index is 996. The van der Waals surface area contributed by atoms with E-state index in [1.54, 1.807) is 0 Å². The highest BCUT2D eigenvalue weighted by molar-refractivity contribution is 8.00. The maximum Gasteiger partial charge on any atom is 0.317 e. The number of aromatic nitrogens is 2. The van der Waals surface area contributed by atoms with Crippen LogP contribution in [0.25, 0.3) is 10.2 Å².